The molecule has 3 aromatic heterocycles. The Labute approximate surface area is 208 Å². The van der Waals surface area contributed by atoms with Gasteiger partial charge in [0.1, 0.15) is 17.1 Å². The van der Waals surface area contributed by atoms with Crippen molar-refractivity contribution in [3.63, 3.8) is 0 Å². The van der Waals surface area contributed by atoms with Crippen LogP contribution in [-0.2, 0) is 21.1 Å². The molecular weight excluding hydrogens is 464 g/mol. The molecule has 0 unspecified atom stereocenters. The molecule has 1 saturated heterocycles. The van der Waals surface area contributed by atoms with Crippen molar-refractivity contribution < 1.29 is 19.2 Å². The van der Waals surface area contributed by atoms with Crippen molar-refractivity contribution >= 4 is 40.8 Å². The number of anilines is 3. The number of aromatic nitrogens is 3. The smallest absolute Gasteiger partial charge is 0.322 e. The second-order valence-corrected chi connectivity index (χ2v) is 8.61. The van der Waals surface area contributed by atoms with E-state index < -0.39 is 5.91 Å². The SMILES string of the molecule is [CH2]CCNC(=O)c1cc(NC(=O)c2cc(NC(=O)c3cc(NC(=O)N4CC4)cn3C)cn2C)cn1C. The van der Waals surface area contributed by atoms with Crippen LogP contribution in [0.15, 0.2) is 36.8 Å². The number of hydrogen-bond donors (Lipinski definition) is 4. The van der Waals surface area contributed by atoms with Crippen molar-refractivity contribution in [2.24, 2.45) is 21.1 Å². The Bertz CT molecular complexity index is 1330. The minimum Gasteiger partial charge on any atom is -0.351 e. The van der Waals surface area contributed by atoms with Gasteiger partial charge in [-0.15, -0.1) is 0 Å². The van der Waals surface area contributed by atoms with E-state index in [2.05, 4.69) is 28.2 Å². The summed E-state index contributed by atoms with van der Waals surface area (Å²) in [5, 5.41) is 11.1. The fourth-order valence-electron chi connectivity index (χ4n) is 3.71. The fraction of sp³-hybridized carbons (Fsp3) is 0.292. The number of amides is 5. The lowest BCUT2D eigenvalue weighted by Gasteiger charge is -2.03. The molecule has 4 N–H and O–H groups in total. The van der Waals surface area contributed by atoms with Gasteiger partial charge in [0.05, 0.1) is 17.1 Å². The maximum atomic E-state index is 12.9. The standard InChI is InChI=1S/C24H29N8O4/c1-5-6-25-21(33)18-9-15(12-29(18)2)26-22(34)19-10-16(13-30(19)3)27-23(35)20-11-17(14-31(20)4)28-24(36)32-7-8-32/h9-14H,1,5-8H2,2-4H3,(H,25,33)(H,26,34)(H,27,35)(H,28,36). The first-order chi connectivity index (χ1) is 17.2. The van der Waals surface area contributed by atoms with Gasteiger partial charge >= 0.3 is 6.03 Å². The second-order valence-electron chi connectivity index (χ2n) is 8.61. The van der Waals surface area contributed by atoms with E-state index in [1.54, 1.807) is 76.5 Å². The Morgan fingerprint density at radius 3 is 1.56 bits per heavy atom. The molecular formula is C24H29N8O4. The van der Waals surface area contributed by atoms with Gasteiger partial charge in [-0.2, -0.15) is 0 Å². The number of urea groups is 1. The predicted molar refractivity (Wildman–Crippen MR) is 135 cm³/mol. The number of nitrogens with one attached hydrogen (secondary N) is 4. The lowest BCUT2D eigenvalue weighted by atomic mass is 10.3. The van der Waals surface area contributed by atoms with Gasteiger partial charge < -0.3 is 39.9 Å². The third kappa shape index (κ3) is 5.43. The molecule has 1 aliphatic rings. The van der Waals surface area contributed by atoms with Crippen LogP contribution in [0.2, 0.25) is 0 Å². The highest BCUT2D eigenvalue weighted by Gasteiger charge is 2.25. The van der Waals surface area contributed by atoms with Gasteiger partial charge in [-0.1, -0.05) is 6.92 Å². The zero-order valence-corrected chi connectivity index (χ0v) is 20.4. The molecule has 189 valence electrons. The molecule has 3 aromatic rings. The van der Waals surface area contributed by atoms with Crippen LogP contribution in [0.1, 0.15) is 37.9 Å². The number of hydrogen-bond acceptors (Lipinski definition) is 4. The number of rotatable bonds is 8. The third-order valence-corrected chi connectivity index (χ3v) is 5.68. The molecule has 0 saturated carbocycles. The summed E-state index contributed by atoms with van der Waals surface area (Å²) in [6, 6.07) is 4.54. The van der Waals surface area contributed by atoms with Crippen molar-refractivity contribution in [3.05, 3.63) is 60.8 Å². The highest BCUT2D eigenvalue weighted by atomic mass is 16.2. The minimum atomic E-state index is -0.396. The molecule has 4 heterocycles. The molecule has 0 bridgehead atoms. The van der Waals surface area contributed by atoms with E-state index in [9.17, 15) is 19.2 Å². The Balaban J connectivity index is 1.41. The zero-order chi connectivity index (χ0) is 26.0. The molecule has 1 radical (unpaired) electrons. The summed E-state index contributed by atoms with van der Waals surface area (Å²) in [4.78, 5) is 51.5. The third-order valence-electron chi connectivity index (χ3n) is 5.68. The Morgan fingerprint density at radius 1 is 0.722 bits per heavy atom. The van der Waals surface area contributed by atoms with Gasteiger partial charge in [0, 0.05) is 59.4 Å². The monoisotopic (exact) mass is 493 g/mol. The molecule has 5 amide bonds. The van der Waals surface area contributed by atoms with Crippen molar-refractivity contribution in [3.8, 4) is 0 Å². The highest BCUT2D eigenvalue weighted by molar-refractivity contribution is 6.07. The van der Waals surface area contributed by atoms with Gasteiger partial charge in [0.15, 0.2) is 0 Å². The van der Waals surface area contributed by atoms with Crippen LogP contribution >= 0.6 is 0 Å². The van der Waals surface area contributed by atoms with E-state index in [0.717, 1.165) is 13.1 Å². The van der Waals surface area contributed by atoms with Gasteiger partial charge in [-0.3, -0.25) is 14.4 Å². The number of nitrogens with zero attached hydrogens (tertiary/aromatic N) is 4. The molecule has 1 fully saturated rings. The molecule has 12 nitrogen and oxygen atoms in total. The summed E-state index contributed by atoms with van der Waals surface area (Å²) in [6.45, 7) is 5.61. The van der Waals surface area contributed by atoms with Crippen LogP contribution in [0.5, 0.6) is 0 Å². The summed E-state index contributed by atoms with van der Waals surface area (Å²) < 4.78 is 4.84. The van der Waals surface area contributed by atoms with Crippen LogP contribution in [0.3, 0.4) is 0 Å². The van der Waals surface area contributed by atoms with Crippen molar-refractivity contribution in [1.82, 2.24) is 23.9 Å². The molecule has 1 aliphatic heterocycles. The highest BCUT2D eigenvalue weighted by Crippen LogP contribution is 2.20. The Kier molecular flexibility index (Phi) is 6.86. The predicted octanol–water partition coefficient (Wildman–Crippen LogP) is 2.01. The van der Waals surface area contributed by atoms with Crippen molar-refractivity contribution in [2.45, 2.75) is 6.42 Å². The quantitative estimate of drug-likeness (QED) is 0.357. The molecule has 4 rings (SSSR count). The van der Waals surface area contributed by atoms with Crippen LogP contribution in [0.4, 0.5) is 21.9 Å². The van der Waals surface area contributed by atoms with E-state index in [4.69, 9.17) is 0 Å². The normalized spacial score (nSPS) is 12.3. The first kappa shape index (κ1) is 24.6. The van der Waals surface area contributed by atoms with Gasteiger partial charge in [-0.25, -0.2) is 4.79 Å². The summed E-state index contributed by atoms with van der Waals surface area (Å²) in [5.41, 5.74) is 2.50. The van der Waals surface area contributed by atoms with Crippen LogP contribution in [0.25, 0.3) is 0 Å². The largest absolute Gasteiger partial charge is 0.351 e. The second kappa shape index (κ2) is 10.0. The van der Waals surface area contributed by atoms with Gasteiger partial charge in [0.2, 0.25) is 0 Å². The number of carbonyl (C=O) groups is 4. The topological polar surface area (TPSA) is 134 Å². The molecule has 36 heavy (non-hydrogen) atoms. The van der Waals surface area contributed by atoms with E-state index in [1.807, 2.05) is 0 Å². The minimum absolute atomic E-state index is 0.198. The van der Waals surface area contributed by atoms with Crippen molar-refractivity contribution in [1.29, 1.82) is 0 Å². The zero-order valence-electron chi connectivity index (χ0n) is 20.4. The van der Waals surface area contributed by atoms with Gasteiger partial charge in [-0.05, 0) is 24.6 Å². The van der Waals surface area contributed by atoms with E-state index >= 15 is 0 Å². The van der Waals surface area contributed by atoms with Crippen LogP contribution < -0.4 is 21.3 Å². The number of carbonyl (C=O) groups excluding carboxylic acids is 4. The van der Waals surface area contributed by atoms with Gasteiger partial charge in [0.25, 0.3) is 17.7 Å². The summed E-state index contributed by atoms with van der Waals surface area (Å²) in [7, 11) is 5.12. The maximum Gasteiger partial charge on any atom is 0.322 e. The molecule has 12 heteroatoms. The average Bonchev–Trinajstić information content (AvgIpc) is 3.40. The molecule has 0 atom stereocenters. The first-order valence-electron chi connectivity index (χ1n) is 11.4. The number of aryl methyl sites for hydroxylation is 3. The molecule has 0 aromatic carbocycles. The van der Waals surface area contributed by atoms with Crippen LogP contribution in [0, 0.1) is 6.92 Å². The Hall–Kier alpha value is -4.48. The first-order valence-corrected chi connectivity index (χ1v) is 11.4. The fourth-order valence-corrected chi connectivity index (χ4v) is 3.71. The van der Waals surface area contributed by atoms with E-state index in [0.29, 0.717) is 47.1 Å². The van der Waals surface area contributed by atoms with E-state index in [1.165, 1.54) is 0 Å². The maximum absolute atomic E-state index is 12.9. The lowest BCUT2D eigenvalue weighted by Crippen LogP contribution is -2.25. The Morgan fingerprint density at radius 2 is 1.14 bits per heavy atom. The average molecular weight is 494 g/mol. The molecule has 0 aliphatic carbocycles. The lowest BCUT2D eigenvalue weighted by molar-refractivity contribution is 0.0944. The van der Waals surface area contributed by atoms with Crippen LogP contribution in [-0.4, -0.2) is 62.0 Å². The summed E-state index contributed by atoms with van der Waals surface area (Å²) in [5.74, 6) is -1.03. The molecule has 0 spiro atoms. The summed E-state index contributed by atoms with van der Waals surface area (Å²) >= 11 is 0. The van der Waals surface area contributed by atoms with Crippen molar-refractivity contribution in [2.75, 3.05) is 35.6 Å². The summed E-state index contributed by atoms with van der Waals surface area (Å²) in [6.07, 6.45) is 5.51. The van der Waals surface area contributed by atoms with E-state index in [-0.39, 0.29) is 17.8 Å².